The van der Waals surface area contributed by atoms with Gasteiger partial charge in [0.25, 0.3) is 0 Å². The molecule has 29 heavy (non-hydrogen) atoms. The molecule has 0 aliphatic heterocycles. The van der Waals surface area contributed by atoms with Crippen LogP contribution >= 0.6 is 0 Å². The summed E-state index contributed by atoms with van der Waals surface area (Å²) in [4.78, 5) is 2.33. The van der Waals surface area contributed by atoms with Gasteiger partial charge < -0.3 is 29.6 Å². The molecule has 4 aliphatic carbocycles. The predicted molar refractivity (Wildman–Crippen MR) is 117 cm³/mol. The third-order valence-electron chi connectivity index (χ3n) is 7.20. The summed E-state index contributed by atoms with van der Waals surface area (Å²) >= 11 is -0.253. The van der Waals surface area contributed by atoms with E-state index in [2.05, 4.69) is 89.1 Å². The van der Waals surface area contributed by atoms with Crippen molar-refractivity contribution >= 4 is 7.98 Å². The summed E-state index contributed by atoms with van der Waals surface area (Å²) in [5.41, 5.74) is 0. The van der Waals surface area contributed by atoms with Crippen LogP contribution in [0.1, 0.15) is 53.4 Å². The van der Waals surface area contributed by atoms with Crippen LogP contribution in [0.5, 0.6) is 0 Å². The van der Waals surface area contributed by atoms with Gasteiger partial charge in [0, 0.05) is 0 Å². The van der Waals surface area contributed by atoms with Gasteiger partial charge in [-0.1, -0.05) is 27.7 Å². The van der Waals surface area contributed by atoms with Gasteiger partial charge in [-0.25, -0.2) is 0 Å². The van der Waals surface area contributed by atoms with E-state index in [0.29, 0.717) is 12.1 Å². The van der Waals surface area contributed by atoms with Gasteiger partial charge in [0.1, 0.15) is 0 Å². The van der Waals surface area contributed by atoms with Crippen LogP contribution in [-0.2, 0) is 23.2 Å². The van der Waals surface area contributed by atoms with Crippen molar-refractivity contribution in [1.29, 1.82) is 0 Å². The minimum absolute atomic E-state index is 0. The van der Waals surface area contributed by atoms with Crippen molar-refractivity contribution in [2.24, 2.45) is 23.7 Å². The number of nitrogens with zero attached hydrogens (tertiary/aromatic N) is 1. The van der Waals surface area contributed by atoms with E-state index in [1.807, 2.05) is 0 Å². The van der Waals surface area contributed by atoms with Gasteiger partial charge in [0.05, 0.1) is 0 Å². The zero-order chi connectivity index (χ0) is 19.4. The smallest absolute Gasteiger partial charge is 1.00 e. The molecule has 0 aromatic carbocycles. The van der Waals surface area contributed by atoms with Crippen LogP contribution in [0.25, 0.3) is 0 Å². The zero-order valence-electron chi connectivity index (χ0n) is 18.8. The van der Waals surface area contributed by atoms with E-state index in [1.165, 1.54) is 25.7 Å². The molecule has 6 atom stereocenters. The molecule has 0 heterocycles. The van der Waals surface area contributed by atoms with Gasteiger partial charge in [-0.2, -0.15) is 0 Å². The number of rotatable bonds is 4. The molecule has 0 spiro atoms. The van der Waals surface area contributed by atoms with Crippen molar-refractivity contribution in [2.75, 3.05) is 0 Å². The molecule has 4 rings (SSSR count). The summed E-state index contributed by atoms with van der Waals surface area (Å²) in [6.07, 6.45) is 25.2. The Morgan fingerprint density at radius 3 is 1.41 bits per heavy atom. The molecule has 0 aromatic rings. The normalized spacial score (nSPS) is 33.5. The van der Waals surface area contributed by atoms with E-state index >= 15 is 0 Å². The van der Waals surface area contributed by atoms with E-state index in [4.69, 9.17) is 0 Å². The van der Waals surface area contributed by atoms with Crippen molar-refractivity contribution in [3.05, 3.63) is 48.6 Å². The Balaban J connectivity index is 0.000000367. The zero-order valence-corrected chi connectivity index (χ0v) is 22.7. The number of allylic oxidation sites excluding steroid dienone is 8. The molecule has 0 saturated heterocycles. The van der Waals surface area contributed by atoms with Crippen molar-refractivity contribution in [3.63, 3.8) is 0 Å². The first-order valence-electron chi connectivity index (χ1n) is 11.2. The molecule has 5 heteroatoms. The van der Waals surface area contributed by atoms with Crippen molar-refractivity contribution in [3.8, 4) is 0 Å². The summed E-state index contributed by atoms with van der Waals surface area (Å²) < 4.78 is 2.25. The molecule has 0 bridgehead atoms. The molecule has 2 saturated carbocycles. The average molecular weight is 514 g/mol. The van der Waals surface area contributed by atoms with Crippen LogP contribution < -0.4 is 24.8 Å². The third-order valence-corrected chi connectivity index (χ3v) is 12.6. The second-order valence-electron chi connectivity index (χ2n) is 9.41. The van der Waals surface area contributed by atoms with Crippen LogP contribution in [0.15, 0.2) is 48.6 Å². The predicted octanol–water partition coefficient (Wildman–Crippen LogP) is -0.388. The minimum atomic E-state index is -0.253. The van der Waals surface area contributed by atoms with Gasteiger partial charge in [-0.15, -0.1) is 0 Å². The molecule has 2 fully saturated rings. The summed E-state index contributed by atoms with van der Waals surface area (Å²) in [7, 11) is 2.15. The van der Waals surface area contributed by atoms with E-state index < -0.39 is 0 Å². The third kappa shape index (κ3) is 7.23. The van der Waals surface area contributed by atoms with E-state index in [-0.39, 0.29) is 48.0 Å². The fourth-order valence-corrected chi connectivity index (χ4v) is 11.0. The Labute approximate surface area is 204 Å². The van der Waals surface area contributed by atoms with Crippen LogP contribution in [0, 0.1) is 23.7 Å². The van der Waals surface area contributed by atoms with Crippen LogP contribution in [0.3, 0.4) is 0 Å². The molecular formula is C24H38BCl2NZr. The molecule has 0 amide bonds. The van der Waals surface area contributed by atoms with Crippen molar-refractivity contribution in [1.82, 2.24) is 4.81 Å². The molecule has 4 aliphatic rings. The largest absolute Gasteiger partial charge is 1.00 e. The Bertz CT molecular complexity index is 552. The van der Waals surface area contributed by atoms with E-state index in [1.54, 1.807) is 0 Å². The summed E-state index contributed by atoms with van der Waals surface area (Å²) in [6.45, 7) is 8.83. The maximum absolute atomic E-state index is 2.53. The van der Waals surface area contributed by atoms with Crippen molar-refractivity contribution in [2.45, 2.75) is 72.7 Å². The average Bonchev–Trinajstić information content (AvgIpc) is 3.27. The first-order valence-corrected chi connectivity index (χ1v) is 14.0. The van der Waals surface area contributed by atoms with Crippen LogP contribution in [0.2, 0.25) is 7.25 Å². The van der Waals surface area contributed by atoms with Gasteiger partial charge in [0.15, 0.2) is 7.98 Å². The molecule has 6 unspecified atom stereocenters. The Hall–Kier alpha value is 0.448. The van der Waals surface area contributed by atoms with Gasteiger partial charge >= 0.3 is 128 Å². The number of fused-ring (bicyclic) bond motifs is 2. The first-order chi connectivity index (χ1) is 13.0. The Morgan fingerprint density at radius 1 is 0.690 bits per heavy atom. The van der Waals surface area contributed by atoms with Gasteiger partial charge in [0.2, 0.25) is 0 Å². The first kappa shape index (κ1) is 27.5. The fourth-order valence-electron chi connectivity index (χ4n) is 5.17. The SMILES string of the molecule is BN(C(C)C)C(C)C.C1=CC2CC[CH]([Zr+2][CH]3CCC4C=CC=CC43)C2C=C1.[Cl-].[Cl-]. The molecule has 0 aromatic heterocycles. The Morgan fingerprint density at radius 2 is 1.07 bits per heavy atom. The second kappa shape index (κ2) is 13.1. The maximum Gasteiger partial charge on any atom is -1.00 e. The molecule has 0 N–H and O–H groups in total. The number of halogens is 2. The van der Waals surface area contributed by atoms with Gasteiger partial charge in [-0.3, -0.25) is 0 Å². The molecule has 0 radical (unpaired) electrons. The quantitative estimate of drug-likeness (QED) is 0.464. The fraction of sp³-hybridized carbons (Fsp3) is 0.667. The minimum Gasteiger partial charge on any atom is -1.00 e. The number of hydrogen-bond donors (Lipinski definition) is 0. The maximum atomic E-state index is 2.53. The molecule has 160 valence electrons. The van der Waals surface area contributed by atoms with Gasteiger partial charge in [-0.05, 0) is 12.1 Å². The standard InChI is InChI=1S/2C9H11.C6H16BN.2ClH.Zr/c2*1-2-5-9-7-3-6-8(9)4-1;1-5(2)8(7)6(3)4;;;/h2*1-2,4-6,8-9H,3,7H2;5-6H,7H2,1-4H3;2*1H;/q;;;;;+2/p-2. The summed E-state index contributed by atoms with van der Waals surface area (Å²) in [5, 5.41) is 0. The van der Waals surface area contributed by atoms with Crippen LogP contribution in [0.4, 0.5) is 0 Å². The van der Waals surface area contributed by atoms with Crippen molar-refractivity contribution < 1.29 is 48.0 Å². The van der Waals surface area contributed by atoms with Crippen LogP contribution in [-0.4, -0.2) is 24.9 Å². The molecular weight excluding hydrogens is 475 g/mol. The topological polar surface area (TPSA) is 3.24 Å². The van der Waals surface area contributed by atoms with E-state index in [0.717, 1.165) is 30.9 Å². The summed E-state index contributed by atoms with van der Waals surface area (Å²) in [6, 6.07) is 1.35. The van der Waals surface area contributed by atoms with E-state index in [9.17, 15) is 0 Å². The Kier molecular flexibility index (Phi) is 12.4. The number of hydrogen-bond acceptors (Lipinski definition) is 1. The molecule has 1 nitrogen and oxygen atoms in total. The summed E-state index contributed by atoms with van der Waals surface area (Å²) in [5.74, 6) is 3.65. The second-order valence-corrected chi connectivity index (χ2v) is 13.9. The monoisotopic (exact) mass is 511 g/mol.